The number of esters is 1. The fourth-order valence-electron chi connectivity index (χ4n) is 2.62. The highest BCUT2D eigenvalue weighted by Crippen LogP contribution is 2.40. The SMILES string of the molecule is COc1cc(C(=O)OCC(=O)N[C@H](C)C2CC2)cc2c1OCCO2. The van der Waals surface area contributed by atoms with Crippen LogP contribution in [-0.4, -0.2) is 44.8 Å². The maximum absolute atomic E-state index is 12.2. The second kappa shape index (κ2) is 6.98. The van der Waals surface area contributed by atoms with Gasteiger partial charge in [0, 0.05) is 6.04 Å². The van der Waals surface area contributed by atoms with Gasteiger partial charge in [-0.1, -0.05) is 0 Å². The topological polar surface area (TPSA) is 83.1 Å². The number of hydrogen-bond donors (Lipinski definition) is 1. The average molecular weight is 335 g/mol. The normalized spacial score (nSPS) is 16.9. The van der Waals surface area contributed by atoms with Crippen molar-refractivity contribution in [2.75, 3.05) is 26.9 Å². The molecule has 7 heteroatoms. The van der Waals surface area contributed by atoms with Gasteiger partial charge in [0.05, 0.1) is 12.7 Å². The third kappa shape index (κ3) is 3.72. The minimum absolute atomic E-state index is 0.116. The first-order chi connectivity index (χ1) is 11.6. The van der Waals surface area contributed by atoms with E-state index in [1.165, 1.54) is 19.2 Å². The van der Waals surface area contributed by atoms with Gasteiger partial charge in [0.25, 0.3) is 5.91 Å². The van der Waals surface area contributed by atoms with E-state index in [4.69, 9.17) is 18.9 Å². The summed E-state index contributed by atoms with van der Waals surface area (Å²) < 4.78 is 21.3. The van der Waals surface area contributed by atoms with Crippen LogP contribution in [-0.2, 0) is 9.53 Å². The van der Waals surface area contributed by atoms with Gasteiger partial charge in [0.1, 0.15) is 13.2 Å². The third-order valence-corrected chi connectivity index (χ3v) is 4.12. The number of nitrogens with one attached hydrogen (secondary N) is 1. The zero-order valence-electron chi connectivity index (χ0n) is 13.8. The van der Waals surface area contributed by atoms with Gasteiger partial charge in [-0.25, -0.2) is 4.79 Å². The van der Waals surface area contributed by atoms with Crippen molar-refractivity contribution >= 4 is 11.9 Å². The highest BCUT2D eigenvalue weighted by Gasteiger charge is 2.29. The van der Waals surface area contributed by atoms with Gasteiger partial charge in [-0.15, -0.1) is 0 Å². The molecule has 1 aliphatic heterocycles. The largest absolute Gasteiger partial charge is 0.493 e. The molecule has 1 atom stereocenters. The summed E-state index contributed by atoms with van der Waals surface area (Å²) in [7, 11) is 1.48. The number of benzene rings is 1. The average Bonchev–Trinajstić information content (AvgIpc) is 3.43. The van der Waals surface area contributed by atoms with Crippen molar-refractivity contribution in [3.63, 3.8) is 0 Å². The fraction of sp³-hybridized carbons (Fsp3) is 0.529. The second-order valence-corrected chi connectivity index (χ2v) is 5.97. The Morgan fingerprint density at radius 1 is 1.29 bits per heavy atom. The van der Waals surface area contributed by atoms with Crippen molar-refractivity contribution in [3.8, 4) is 17.2 Å². The third-order valence-electron chi connectivity index (χ3n) is 4.12. The number of amides is 1. The number of methoxy groups -OCH3 is 1. The van der Waals surface area contributed by atoms with Crippen LogP contribution in [0.1, 0.15) is 30.1 Å². The fourth-order valence-corrected chi connectivity index (χ4v) is 2.62. The zero-order chi connectivity index (χ0) is 17.1. The second-order valence-electron chi connectivity index (χ2n) is 5.97. The van der Waals surface area contributed by atoms with Crippen LogP contribution < -0.4 is 19.5 Å². The van der Waals surface area contributed by atoms with Crippen LogP contribution in [0.3, 0.4) is 0 Å². The first-order valence-corrected chi connectivity index (χ1v) is 8.02. The van der Waals surface area contributed by atoms with Crippen LogP contribution >= 0.6 is 0 Å². The van der Waals surface area contributed by atoms with Crippen LogP contribution in [0.25, 0.3) is 0 Å². The molecule has 0 unspecified atom stereocenters. The number of hydrogen-bond acceptors (Lipinski definition) is 6. The quantitative estimate of drug-likeness (QED) is 0.794. The summed E-state index contributed by atoms with van der Waals surface area (Å²) in [5.74, 6) is 0.931. The van der Waals surface area contributed by atoms with E-state index in [2.05, 4.69) is 5.32 Å². The van der Waals surface area contributed by atoms with Crippen LogP contribution in [0.15, 0.2) is 12.1 Å². The molecule has 130 valence electrons. The standard InChI is InChI=1S/C17H21NO6/c1-10(11-3-4-11)18-15(19)9-24-17(20)12-7-13(21-2)16-14(8-12)22-5-6-23-16/h7-8,10-11H,3-6,9H2,1-2H3,(H,18,19)/t10-/m1/s1. The molecule has 7 nitrogen and oxygen atoms in total. The summed E-state index contributed by atoms with van der Waals surface area (Å²) in [4.78, 5) is 24.0. The molecule has 2 aliphatic rings. The molecule has 1 fully saturated rings. The number of rotatable bonds is 6. The monoisotopic (exact) mass is 335 g/mol. The Bertz CT molecular complexity index is 623. The van der Waals surface area contributed by atoms with Gasteiger partial charge in [-0.3, -0.25) is 4.79 Å². The Hall–Kier alpha value is -2.44. The number of carbonyl (C=O) groups excluding carboxylic acids is 2. The molecule has 1 aliphatic carbocycles. The van der Waals surface area contributed by atoms with Gasteiger partial charge in [0.15, 0.2) is 18.1 Å². The molecule has 0 radical (unpaired) electrons. The van der Waals surface area contributed by atoms with Crippen molar-refractivity contribution in [2.45, 2.75) is 25.8 Å². The maximum atomic E-state index is 12.2. The number of fused-ring (bicyclic) bond motifs is 1. The molecule has 0 saturated heterocycles. The van der Waals surface area contributed by atoms with Gasteiger partial charge in [-0.2, -0.15) is 0 Å². The Labute approximate surface area is 140 Å². The van der Waals surface area contributed by atoms with Crippen LogP contribution in [0.2, 0.25) is 0 Å². The highest BCUT2D eigenvalue weighted by molar-refractivity contribution is 5.92. The molecule has 0 aromatic heterocycles. The Morgan fingerprint density at radius 3 is 2.75 bits per heavy atom. The maximum Gasteiger partial charge on any atom is 0.338 e. The van der Waals surface area contributed by atoms with Crippen molar-refractivity contribution in [3.05, 3.63) is 17.7 Å². The summed E-state index contributed by atoms with van der Waals surface area (Å²) in [5, 5.41) is 2.84. The van der Waals surface area contributed by atoms with Crippen molar-refractivity contribution in [1.29, 1.82) is 0 Å². The van der Waals surface area contributed by atoms with Crippen LogP contribution in [0, 0.1) is 5.92 Å². The van der Waals surface area contributed by atoms with Crippen molar-refractivity contribution in [2.24, 2.45) is 5.92 Å². The molecule has 24 heavy (non-hydrogen) atoms. The molecule has 0 spiro atoms. The van der Waals surface area contributed by atoms with E-state index in [1.54, 1.807) is 0 Å². The highest BCUT2D eigenvalue weighted by atomic mass is 16.6. The van der Waals surface area contributed by atoms with Crippen LogP contribution in [0.5, 0.6) is 17.2 Å². The lowest BCUT2D eigenvalue weighted by atomic mass is 10.1. The van der Waals surface area contributed by atoms with E-state index < -0.39 is 5.97 Å². The minimum atomic E-state index is -0.612. The zero-order valence-corrected chi connectivity index (χ0v) is 13.8. The van der Waals surface area contributed by atoms with Crippen molar-refractivity contribution in [1.82, 2.24) is 5.32 Å². The van der Waals surface area contributed by atoms with Gasteiger partial charge in [-0.05, 0) is 37.8 Å². The summed E-state index contributed by atoms with van der Waals surface area (Å²) in [6.07, 6.45) is 2.27. The summed E-state index contributed by atoms with van der Waals surface area (Å²) in [5.41, 5.74) is 0.249. The van der Waals surface area contributed by atoms with E-state index in [9.17, 15) is 9.59 Å². The molecule has 0 bridgehead atoms. The molecule has 1 aromatic rings. The van der Waals surface area contributed by atoms with Gasteiger partial charge < -0.3 is 24.3 Å². The first-order valence-electron chi connectivity index (χ1n) is 8.02. The van der Waals surface area contributed by atoms with Gasteiger partial charge in [0.2, 0.25) is 5.75 Å². The lowest BCUT2D eigenvalue weighted by Crippen LogP contribution is -2.37. The summed E-state index contributed by atoms with van der Waals surface area (Å²) in [6, 6.07) is 3.16. The molecular formula is C17H21NO6. The van der Waals surface area contributed by atoms with Gasteiger partial charge >= 0.3 is 5.97 Å². The number of ether oxygens (including phenoxy) is 4. The summed E-state index contributed by atoms with van der Waals surface area (Å²) >= 11 is 0. The molecule has 1 aromatic carbocycles. The first kappa shape index (κ1) is 16.4. The van der Waals surface area contributed by atoms with E-state index >= 15 is 0 Å². The lowest BCUT2D eigenvalue weighted by Gasteiger charge is -2.21. The van der Waals surface area contributed by atoms with E-state index in [1.807, 2.05) is 6.92 Å². The summed E-state index contributed by atoms with van der Waals surface area (Å²) in [6.45, 7) is 2.47. The van der Waals surface area contributed by atoms with E-state index in [-0.39, 0.29) is 24.1 Å². The predicted octanol–water partition coefficient (Wildman–Crippen LogP) is 1.54. The van der Waals surface area contributed by atoms with Crippen molar-refractivity contribution < 1.29 is 28.5 Å². The smallest absolute Gasteiger partial charge is 0.338 e. The Balaban J connectivity index is 1.61. The predicted molar refractivity (Wildman–Crippen MR) is 84.6 cm³/mol. The lowest BCUT2D eigenvalue weighted by molar-refractivity contribution is -0.124. The molecule has 1 amide bonds. The molecule has 1 heterocycles. The Morgan fingerprint density at radius 2 is 2.04 bits per heavy atom. The molecule has 1 saturated carbocycles. The Kier molecular flexibility index (Phi) is 4.78. The molecule has 3 rings (SSSR count). The number of carbonyl (C=O) groups is 2. The molecule has 1 N–H and O–H groups in total. The molecular weight excluding hydrogens is 314 g/mol. The minimum Gasteiger partial charge on any atom is -0.493 e. The van der Waals surface area contributed by atoms with E-state index in [0.29, 0.717) is 36.4 Å². The van der Waals surface area contributed by atoms with Crippen LogP contribution in [0.4, 0.5) is 0 Å². The van der Waals surface area contributed by atoms with E-state index in [0.717, 1.165) is 12.8 Å².